The molecule has 37 heavy (non-hydrogen) atoms. The largest absolute Gasteiger partial charge is 0.461 e. The van der Waals surface area contributed by atoms with Crippen molar-refractivity contribution in [3.63, 3.8) is 0 Å². The number of H-pyrrole nitrogens is 1. The number of carbonyl (C=O) groups is 3. The summed E-state index contributed by atoms with van der Waals surface area (Å²) in [4.78, 5) is 40.2. The number of carbonyl (C=O) groups excluding carboxylic acids is 3. The number of aromatic amines is 1. The first-order valence-corrected chi connectivity index (χ1v) is 11.9. The fourth-order valence-electron chi connectivity index (χ4n) is 3.66. The molecule has 1 saturated heterocycles. The highest BCUT2D eigenvalue weighted by molar-refractivity contribution is 6.30. The van der Waals surface area contributed by atoms with Crippen LogP contribution in [0.4, 0.5) is 15.3 Å². The van der Waals surface area contributed by atoms with Crippen LogP contribution in [0.25, 0.3) is 0 Å². The lowest BCUT2D eigenvalue weighted by Gasteiger charge is -2.45. The van der Waals surface area contributed by atoms with Crippen LogP contribution in [0.5, 0.6) is 11.6 Å². The molecule has 0 saturated carbocycles. The average molecular weight is 528 g/mol. The van der Waals surface area contributed by atoms with Gasteiger partial charge in [-0.1, -0.05) is 23.7 Å². The van der Waals surface area contributed by atoms with Crippen LogP contribution in [0.2, 0.25) is 5.02 Å². The van der Waals surface area contributed by atoms with Crippen molar-refractivity contribution in [3.8, 4) is 11.6 Å². The molecule has 2 aromatic carbocycles. The quantitative estimate of drug-likeness (QED) is 0.215. The zero-order chi connectivity index (χ0) is 26.5. The summed E-state index contributed by atoms with van der Waals surface area (Å²) >= 11 is 5.99. The minimum absolute atomic E-state index is 0.103. The van der Waals surface area contributed by atoms with Crippen molar-refractivity contribution in [2.75, 3.05) is 18.5 Å². The zero-order valence-electron chi connectivity index (χ0n) is 20.2. The zero-order valence-corrected chi connectivity index (χ0v) is 20.9. The molecule has 2 heterocycles. The van der Waals surface area contributed by atoms with Gasteiger partial charge in [-0.2, -0.15) is 5.10 Å². The molecule has 4 N–H and O–H groups in total. The van der Waals surface area contributed by atoms with Crippen molar-refractivity contribution in [2.45, 2.75) is 26.7 Å². The maximum absolute atomic E-state index is 13.2. The van der Waals surface area contributed by atoms with E-state index in [1.165, 1.54) is 11.0 Å². The molecule has 4 rings (SSSR count). The topological polar surface area (TPSA) is 146 Å². The first-order chi connectivity index (χ1) is 17.8. The number of nitrogens with one attached hydrogen (secondary N) is 2. The van der Waals surface area contributed by atoms with Gasteiger partial charge in [0.15, 0.2) is 5.69 Å². The second-order valence-electron chi connectivity index (χ2n) is 7.95. The summed E-state index contributed by atoms with van der Waals surface area (Å²) in [5.74, 6) is 6.30. The van der Waals surface area contributed by atoms with E-state index < -0.39 is 24.3 Å². The number of benzene rings is 2. The second-order valence-corrected chi connectivity index (χ2v) is 8.39. The van der Waals surface area contributed by atoms with E-state index in [-0.39, 0.29) is 31.3 Å². The third-order valence-electron chi connectivity index (χ3n) is 5.49. The molecule has 1 aliphatic heterocycles. The van der Waals surface area contributed by atoms with Gasteiger partial charge in [0.1, 0.15) is 5.75 Å². The third-order valence-corrected chi connectivity index (χ3v) is 5.74. The van der Waals surface area contributed by atoms with Crippen molar-refractivity contribution in [1.29, 1.82) is 0 Å². The average Bonchev–Trinajstić information content (AvgIpc) is 3.36. The number of hydrogen-bond donors (Lipinski definition) is 3. The van der Waals surface area contributed by atoms with Gasteiger partial charge in [0.2, 0.25) is 12.2 Å². The number of nitrogens with zero attached hydrogens (tertiary/aromatic N) is 4. The monoisotopic (exact) mass is 527 g/mol. The number of halogens is 1. The van der Waals surface area contributed by atoms with Crippen molar-refractivity contribution in [2.24, 2.45) is 5.84 Å². The van der Waals surface area contributed by atoms with E-state index in [0.717, 1.165) is 15.5 Å². The van der Waals surface area contributed by atoms with Gasteiger partial charge in [0.05, 0.1) is 13.2 Å². The lowest BCUT2D eigenvalue weighted by Crippen LogP contribution is -2.70. The molecule has 0 aliphatic carbocycles. The van der Waals surface area contributed by atoms with Gasteiger partial charge in [-0.25, -0.2) is 35.2 Å². The first-order valence-electron chi connectivity index (χ1n) is 11.5. The minimum Gasteiger partial charge on any atom is -0.461 e. The number of urea groups is 2. The maximum Gasteiger partial charge on any atom is 0.358 e. The second kappa shape index (κ2) is 11.2. The summed E-state index contributed by atoms with van der Waals surface area (Å²) in [5, 5.41) is 11.2. The molecular weight excluding hydrogens is 502 g/mol. The lowest BCUT2D eigenvalue weighted by molar-refractivity contribution is 0.0389. The highest BCUT2D eigenvalue weighted by Crippen LogP contribution is 2.25. The normalized spacial score (nSPS) is 15.7. The SMILES string of the molecule is CCOC(=O)c1cc(Oc2ccc(NC3N(N)C(=O)N(CC)C(=O)N3Cc3ccc(Cl)cc3)cc2)[nH]n1. The fourth-order valence-corrected chi connectivity index (χ4v) is 3.78. The molecule has 4 amide bonds. The van der Waals surface area contributed by atoms with Gasteiger partial charge in [-0.3, -0.25) is 4.90 Å². The van der Waals surface area contributed by atoms with E-state index in [4.69, 9.17) is 26.9 Å². The van der Waals surface area contributed by atoms with Gasteiger partial charge >= 0.3 is 18.0 Å². The smallest absolute Gasteiger partial charge is 0.358 e. The van der Waals surface area contributed by atoms with Crippen LogP contribution in [-0.4, -0.2) is 62.5 Å². The summed E-state index contributed by atoms with van der Waals surface area (Å²) in [5.41, 5.74) is 1.50. The summed E-state index contributed by atoms with van der Waals surface area (Å²) in [6, 6.07) is 14.1. The summed E-state index contributed by atoms with van der Waals surface area (Å²) in [6.07, 6.45) is -0.954. The van der Waals surface area contributed by atoms with E-state index in [2.05, 4.69) is 15.5 Å². The third kappa shape index (κ3) is 5.76. The predicted molar refractivity (Wildman–Crippen MR) is 135 cm³/mol. The van der Waals surface area contributed by atoms with Crippen LogP contribution in [-0.2, 0) is 11.3 Å². The maximum atomic E-state index is 13.2. The van der Waals surface area contributed by atoms with Crippen LogP contribution in [0, 0.1) is 0 Å². The molecule has 3 aromatic rings. The number of esters is 1. The van der Waals surface area contributed by atoms with Crippen LogP contribution >= 0.6 is 11.6 Å². The molecule has 1 unspecified atom stereocenters. The number of amides is 4. The Hall–Kier alpha value is -4.29. The molecule has 194 valence electrons. The summed E-state index contributed by atoms with van der Waals surface area (Å²) < 4.78 is 10.6. The molecule has 1 fully saturated rings. The van der Waals surface area contributed by atoms with Gasteiger partial charge in [-0.15, -0.1) is 0 Å². The highest BCUT2D eigenvalue weighted by Gasteiger charge is 2.42. The predicted octanol–water partition coefficient (Wildman–Crippen LogP) is 3.98. The Balaban J connectivity index is 1.49. The molecule has 1 aromatic heterocycles. The number of aromatic nitrogens is 2. The summed E-state index contributed by atoms with van der Waals surface area (Å²) in [7, 11) is 0. The van der Waals surface area contributed by atoms with E-state index in [1.54, 1.807) is 62.4 Å². The van der Waals surface area contributed by atoms with Gasteiger partial charge in [-0.05, 0) is 55.8 Å². The van der Waals surface area contributed by atoms with Crippen LogP contribution in [0.1, 0.15) is 29.9 Å². The molecule has 0 radical (unpaired) electrons. The van der Waals surface area contributed by atoms with Crippen LogP contribution in [0.15, 0.2) is 54.6 Å². The molecular formula is C24H26ClN7O5. The van der Waals surface area contributed by atoms with Gasteiger partial charge in [0.25, 0.3) is 0 Å². The number of hydrazine groups is 1. The first kappa shape index (κ1) is 25.8. The standard InChI is InChI=1S/C24H26ClN7O5/c1-3-30-23(34)31(14-15-5-7-16(25)8-6-15)22(32(26)24(30)35)27-17-9-11-18(12-10-17)37-20-13-19(28-29-20)21(33)36-4-2/h5-13,22,27H,3-4,14,26H2,1-2H3,(H,28,29). The van der Waals surface area contributed by atoms with Crippen molar-refractivity contribution in [3.05, 3.63) is 70.9 Å². The Morgan fingerprint density at radius 1 is 1.11 bits per heavy atom. The summed E-state index contributed by atoms with van der Waals surface area (Å²) in [6.45, 7) is 4.01. The number of nitrogens with two attached hydrogens (primary N) is 1. The van der Waals surface area contributed by atoms with Crippen molar-refractivity contribution in [1.82, 2.24) is 25.0 Å². The Bertz CT molecular complexity index is 1270. The number of imide groups is 1. The van der Waals surface area contributed by atoms with E-state index >= 15 is 0 Å². The van der Waals surface area contributed by atoms with E-state index in [1.807, 2.05) is 0 Å². The van der Waals surface area contributed by atoms with Crippen LogP contribution < -0.4 is 15.9 Å². The molecule has 1 atom stereocenters. The molecule has 13 heteroatoms. The molecule has 0 spiro atoms. The van der Waals surface area contributed by atoms with E-state index in [0.29, 0.717) is 16.5 Å². The van der Waals surface area contributed by atoms with E-state index in [9.17, 15) is 14.4 Å². The molecule has 1 aliphatic rings. The number of anilines is 1. The van der Waals surface area contributed by atoms with Crippen molar-refractivity contribution < 1.29 is 23.9 Å². The minimum atomic E-state index is -0.954. The molecule has 0 bridgehead atoms. The van der Waals surface area contributed by atoms with Crippen molar-refractivity contribution >= 4 is 35.3 Å². The lowest BCUT2D eigenvalue weighted by atomic mass is 10.2. The molecule has 12 nitrogen and oxygen atoms in total. The number of rotatable bonds is 9. The van der Waals surface area contributed by atoms with Gasteiger partial charge in [0, 0.05) is 23.3 Å². The number of ether oxygens (including phenoxy) is 2. The fraction of sp³-hybridized carbons (Fsp3) is 0.250. The highest BCUT2D eigenvalue weighted by atomic mass is 35.5. The Morgan fingerprint density at radius 3 is 2.46 bits per heavy atom. The van der Waals surface area contributed by atoms with Gasteiger partial charge < -0.3 is 14.8 Å². The Kier molecular flexibility index (Phi) is 7.80. The number of hydrogen-bond acceptors (Lipinski definition) is 8. The Labute approximate surface area is 217 Å². The van der Waals surface area contributed by atoms with Crippen LogP contribution in [0.3, 0.4) is 0 Å². The Morgan fingerprint density at radius 2 is 1.81 bits per heavy atom.